The molecule has 1 aliphatic rings. The van der Waals surface area contributed by atoms with Crippen LogP contribution in [0.2, 0.25) is 0 Å². The standard InChI is InChI=1S/C16H22N4OS/c1-13-15(12-17-18(13)2)16(21)20-9-7-19(8-10-20)6-5-14-4-3-11-22-14/h3-4,11-12H,5-10H2,1-2H3. The average molecular weight is 318 g/mol. The van der Waals surface area contributed by atoms with Crippen LogP contribution in [0.1, 0.15) is 20.9 Å². The summed E-state index contributed by atoms with van der Waals surface area (Å²) in [6.07, 6.45) is 2.79. The van der Waals surface area contributed by atoms with E-state index < -0.39 is 0 Å². The molecule has 0 bridgehead atoms. The summed E-state index contributed by atoms with van der Waals surface area (Å²) in [5.41, 5.74) is 1.67. The second-order valence-electron chi connectivity index (χ2n) is 5.73. The van der Waals surface area contributed by atoms with Gasteiger partial charge in [-0.25, -0.2) is 0 Å². The maximum Gasteiger partial charge on any atom is 0.257 e. The van der Waals surface area contributed by atoms with Gasteiger partial charge in [0, 0.05) is 50.3 Å². The number of amides is 1. The van der Waals surface area contributed by atoms with Crippen molar-refractivity contribution in [1.29, 1.82) is 0 Å². The maximum atomic E-state index is 12.5. The van der Waals surface area contributed by atoms with Gasteiger partial charge in [-0.3, -0.25) is 14.4 Å². The van der Waals surface area contributed by atoms with Crippen LogP contribution in [-0.2, 0) is 13.5 Å². The predicted octanol–water partition coefficient (Wildman–Crippen LogP) is 1.79. The topological polar surface area (TPSA) is 41.4 Å². The second kappa shape index (κ2) is 6.62. The predicted molar refractivity (Wildman–Crippen MR) is 88.3 cm³/mol. The summed E-state index contributed by atoms with van der Waals surface area (Å²) in [5, 5.41) is 6.29. The van der Waals surface area contributed by atoms with Crippen molar-refractivity contribution in [3.05, 3.63) is 39.8 Å². The molecule has 1 amide bonds. The van der Waals surface area contributed by atoms with E-state index in [4.69, 9.17) is 0 Å². The van der Waals surface area contributed by atoms with Crippen molar-refractivity contribution in [2.45, 2.75) is 13.3 Å². The number of piperazine rings is 1. The highest BCUT2D eigenvalue weighted by atomic mass is 32.1. The van der Waals surface area contributed by atoms with Crippen LogP contribution in [-0.4, -0.2) is 58.2 Å². The van der Waals surface area contributed by atoms with E-state index in [1.54, 1.807) is 10.9 Å². The van der Waals surface area contributed by atoms with Gasteiger partial charge in [0.1, 0.15) is 0 Å². The largest absolute Gasteiger partial charge is 0.336 e. The van der Waals surface area contributed by atoms with E-state index in [1.807, 2.05) is 30.2 Å². The van der Waals surface area contributed by atoms with Gasteiger partial charge in [-0.2, -0.15) is 5.10 Å². The summed E-state index contributed by atoms with van der Waals surface area (Å²) in [5.74, 6) is 0.114. The highest BCUT2D eigenvalue weighted by molar-refractivity contribution is 7.09. The van der Waals surface area contributed by atoms with Crippen molar-refractivity contribution in [3.63, 3.8) is 0 Å². The lowest BCUT2D eigenvalue weighted by Gasteiger charge is -2.34. The van der Waals surface area contributed by atoms with Crippen LogP contribution < -0.4 is 0 Å². The summed E-state index contributed by atoms with van der Waals surface area (Å²) < 4.78 is 1.75. The molecule has 0 saturated carbocycles. The Labute approximate surface area is 135 Å². The van der Waals surface area contributed by atoms with Crippen LogP contribution in [0.15, 0.2) is 23.7 Å². The van der Waals surface area contributed by atoms with Gasteiger partial charge in [-0.15, -0.1) is 11.3 Å². The molecule has 3 heterocycles. The van der Waals surface area contributed by atoms with Crippen molar-refractivity contribution < 1.29 is 4.79 Å². The zero-order valence-corrected chi connectivity index (χ0v) is 14.0. The third-order valence-corrected chi connectivity index (χ3v) is 5.32. The molecule has 2 aromatic rings. The molecule has 0 radical (unpaired) electrons. The fraction of sp³-hybridized carbons (Fsp3) is 0.500. The van der Waals surface area contributed by atoms with Crippen LogP contribution in [0, 0.1) is 6.92 Å². The quantitative estimate of drug-likeness (QED) is 0.863. The molecule has 5 nitrogen and oxygen atoms in total. The van der Waals surface area contributed by atoms with E-state index >= 15 is 0 Å². The zero-order chi connectivity index (χ0) is 15.5. The maximum absolute atomic E-state index is 12.5. The number of nitrogens with zero attached hydrogens (tertiary/aromatic N) is 4. The summed E-state index contributed by atoms with van der Waals surface area (Å²) >= 11 is 1.82. The summed E-state index contributed by atoms with van der Waals surface area (Å²) in [6.45, 7) is 6.54. The van der Waals surface area contributed by atoms with E-state index in [0.29, 0.717) is 0 Å². The van der Waals surface area contributed by atoms with E-state index in [1.165, 1.54) is 4.88 Å². The molecule has 0 atom stereocenters. The number of hydrogen-bond acceptors (Lipinski definition) is 4. The first-order valence-electron chi connectivity index (χ1n) is 7.68. The van der Waals surface area contributed by atoms with Crippen molar-refractivity contribution in [2.24, 2.45) is 7.05 Å². The molecule has 118 valence electrons. The smallest absolute Gasteiger partial charge is 0.257 e. The monoisotopic (exact) mass is 318 g/mol. The van der Waals surface area contributed by atoms with Gasteiger partial charge in [-0.1, -0.05) is 6.07 Å². The third kappa shape index (κ3) is 3.23. The van der Waals surface area contributed by atoms with Crippen molar-refractivity contribution in [3.8, 4) is 0 Å². The Balaban J connectivity index is 1.51. The minimum absolute atomic E-state index is 0.114. The molecule has 0 aliphatic carbocycles. The van der Waals surface area contributed by atoms with E-state index in [9.17, 15) is 4.79 Å². The number of aryl methyl sites for hydroxylation is 1. The first-order chi connectivity index (χ1) is 10.6. The molecule has 22 heavy (non-hydrogen) atoms. The van der Waals surface area contributed by atoms with Gasteiger partial charge in [-0.05, 0) is 24.8 Å². The molecular formula is C16H22N4OS. The summed E-state index contributed by atoms with van der Waals surface area (Å²) in [6, 6.07) is 4.29. The summed E-state index contributed by atoms with van der Waals surface area (Å²) in [4.78, 5) is 18.4. The number of hydrogen-bond donors (Lipinski definition) is 0. The van der Waals surface area contributed by atoms with Crippen molar-refractivity contribution in [2.75, 3.05) is 32.7 Å². The molecule has 2 aromatic heterocycles. The average Bonchev–Trinajstić information content (AvgIpc) is 3.16. The van der Waals surface area contributed by atoms with Crippen molar-refractivity contribution >= 4 is 17.2 Å². The Hall–Kier alpha value is -1.66. The number of aromatic nitrogens is 2. The fourth-order valence-electron chi connectivity index (χ4n) is 2.78. The Bertz CT molecular complexity index is 627. The highest BCUT2D eigenvalue weighted by Gasteiger charge is 2.24. The van der Waals surface area contributed by atoms with Crippen LogP contribution in [0.4, 0.5) is 0 Å². The minimum Gasteiger partial charge on any atom is -0.336 e. The van der Waals surface area contributed by atoms with Gasteiger partial charge >= 0.3 is 0 Å². The molecule has 6 heteroatoms. The molecule has 1 saturated heterocycles. The minimum atomic E-state index is 0.114. The third-order valence-electron chi connectivity index (χ3n) is 4.38. The molecule has 0 unspecified atom stereocenters. The lowest BCUT2D eigenvalue weighted by Crippen LogP contribution is -2.49. The normalized spacial score (nSPS) is 16.2. The molecular weight excluding hydrogens is 296 g/mol. The van der Waals surface area contributed by atoms with Gasteiger partial charge in [0.25, 0.3) is 5.91 Å². The molecule has 3 rings (SSSR count). The second-order valence-corrected chi connectivity index (χ2v) is 6.76. The van der Waals surface area contributed by atoms with Gasteiger partial charge in [0.15, 0.2) is 0 Å². The van der Waals surface area contributed by atoms with E-state index in [-0.39, 0.29) is 5.91 Å². The Morgan fingerprint density at radius 2 is 2.09 bits per heavy atom. The first kappa shape index (κ1) is 15.2. The van der Waals surface area contributed by atoms with E-state index in [2.05, 4.69) is 27.5 Å². The highest BCUT2D eigenvalue weighted by Crippen LogP contribution is 2.14. The lowest BCUT2D eigenvalue weighted by atomic mass is 10.2. The van der Waals surface area contributed by atoms with Crippen LogP contribution in [0.5, 0.6) is 0 Å². The molecule has 1 fully saturated rings. The number of rotatable bonds is 4. The Kier molecular flexibility index (Phi) is 4.59. The van der Waals surface area contributed by atoms with Gasteiger partial charge < -0.3 is 4.90 Å². The van der Waals surface area contributed by atoms with Gasteiger partial charge in [0.2, 0.25) is 0 Å². The van der Waals surface area contributed by atoms with E-state index in [0.717, 1.165) is 50.4 Å². The molecule has 0 aromatic carbocycles. The van der Waals surface area contributed by atoms with Crippen LogP contribution in [0.3, 0.4) is 0 Å². The number of thiophene rings is 1. The van der Waals surface area contributed by atoms with Crippen LogP contribution >= 0.6 is 11.3 Å². The Morgan fingerprint density at radius 1 is 1.32 bits per heavy atom. The molecule has 0 spiro atoms. The lowest BCUT2D eigenvalue weighted by molar-refractivity contribution is 0.0638. The molecule has 0 N–H and O–H groups in total. The van der Waals surface area contributed by atoms with Gasteiger partial charge in [0.05, 0.1) is 11.8 Å². The Morgan fingerprint density at radius 3 is 2.68 bits per heavy atom. The first-order valence-corrected chi connectivity index (χ1v) is 8.55. The van der Waals surface area contributed by atoms with Crippen LogP contribution in [0.25, 0.3) is 0 Å². The van der Waals surface area contributed by atoms with Crippen molar-refractivity contribution in [1.82, 2.24) is 19.6 Å². The fourth-order valence-corrected chi connectivity index (χ4v) is 3.47. The number of carbonyl (C=O) groups excluding carboxylic acids is 1. The zero-order valence-electron chi connectivity index (χ0n) is 13.2. The summed E-state index contributed by atoms with van der Waals surface area (Å²) in [7, 11) is 1.87. The number of carbonyl (C=O) groups is 1. The molecule has 1 aliphatic heterocycles. The SMILES string of the molecule is Cc1c(C(=O)N2CCN(CCc3cccs3)CC2)cnn1C.